The van der Waals surface area contributed by atoms with Crippen LogP contribution in [0.15, 0.2) is 59.5 Å². The predicted molar refractivity (Wildman–Crippen MR) is 106 cm³/mol. The van der Waals surface area contributed by atoms with Gasteiger partial charge >= 0.3 is 0 Å². The van der Waals surface area contributed by atoms with Gasteiger partial charge in [-0.1, -0.05) is 24.3 Å². The summed E-state index contributed by atoms with van der Waals surface area (Å²) in [6.07, 6.45) is 1.48. The monoisotopic (exact) mass is 393 g/mol. The van der Waals surface area contributed by atoms with E-state index < -0.39 is 17.5 Å². The topological polar surface area (TPSA) is 110 Å². The third kappa shape index (κ3) is 4.49. The van der Waals surface area contributed by atoms with Crippen LogP contribution in [0.2, 0.25) is 0 Å². The summed E-state index contributed by atoms with van der Waals surface area (Å²) in [5.74, 6) is 0.596. The first-order valence-electron chi connectivity index (χ1n) is 8.69. The van der Waals surface area contributed by atoms with Gasteiger partial charge in [0.15, 0.2) is 12.1 Å². The molecule has 8 nitrogen and oxygen atoms in total. The van der Waals surface area contributed by atoms with Gasteiger partial charge in [0.1, 0.15) is 17.1 Å². The number of carbonyl (C=O) groups is 2. The largest absolute Gasteiger partial charge is 0.497 e. The molecule has 3 rings (SSSR count). The van der Waals surface area contributed by atoms with E-state index in [1.807, 2.05) is 24.3 Å². The number of aldehydes is 1. The van der Waals surface area contributed by atoms with Gasteiger partial charge in [-0.05, 0) is 35.4 Å². The minimum absolute atomic E-state index is 0.145. The molecule has 0 aliphatic rings. The Balaban J connectivity index is 1.96. The van der Waals surface area contributed by atoms with Crippen molar-refractivity contribution in [2.45, 2.75) is 6.04 Å². The molecule has 0 fully saturated rings. The number of aromatic nitrogens is 2. The summed E-state index contributed by atoms with van der Waals surface area (Å²) >= 11 is 0. The van der Waals surface area contributed by atoms with Crippen LogP contribution in [0.25, 0.3) is 0 Å². The van der Waals surface area contributed by atoms with Crippen LogP contribution in [-0.4, -0.2) is 36.4 Å². The maximum absolute atomic E-state index is 12.8. The zero-order valence-electron chi connectivity index (χ0n) is 15.8. The lowest BCUT2D eigenvalue weighted by atomic mass is 9.98. The number of amides is 1. The van der Waals surface area contributed by atoms with Gasteiger partial charge in [0.2, 0.25) is 0 Å². The van der Waals surface area contributed by atoms with Crippen LogP contribution >= 0.6 is 0 Å². The van der Waals surface area contributed by atoms with Crippen molar-refractivity contribution in [3.8, 4) is 11.5 Å². The zero-order valence-corrected chi connectivity index (χ0v) is 15.8. The molecule has 0 aliphatic carbocycles. The molecule has 2 aromatic carbocycles. The molecule has 0 unspecified atom stereocenters. The number of hydrogen-bond donors (Lipinski definition) is 2. The van der Waals surface area contributed by atoms with Crippen molar-refractivity contribution in [2.75, 3.05) is 14.2 Å². The van der Waals surface area contributed by atoms with Gasteiger partial charge in [0, 0.05) is 6.20 Å². The molecule has 1 heterocycles. The Kier molecular flexibility index (Phi) is 6.03. The minimum Gasteiger partial charge on any atom is -0.497 e. The van der Waals surface area contributed by atoms with E-state index in [0.717, 1.165) is 17.3 Å². The molecule has 29 heavy (non-hydrogen) atoms. The molecular formula is C21H19N3O5. The molecule has 1 aromatic heterocycles. The lowest BCUT2D eigenvalue weighted by molar-refractivity contribution is 0.0940. The Hall–Kier alpha value is -3.94. The maximum Gasteiger partial charge on any atom is 0.264 e. The number of benzene rings is 2. The number of H-pyrrole nitrogens is 1. The second-order valence-corrected chi connectivity index (χ2v) is 6.08. The van der Waals surface area contributed by atoms with Crippen LogP contribution in [0.5, 0.6) is 11.5 Å². The Morgan fingerprint density at radius 2 is 1.52 bits per heavy atom. The molecule has 8 heteroatoms. The number of ether oxygens (including phenoxy) is 2. The third-order valence-corrected chi connectivity index (χ3v) is 4.35. The molecule has 0 bridgehead atoms. The molecule has 1 amide bonds. The molecule has 0 aliphatic heterocycles. The van der Waals surface area contributed by atoms with Crippen LogP contribution in [-0.2, 0) is 0 Å². The van der Waals surface area contributed by atoms with Gasteiger partial charge in [0.05, 0.1) is 20.3 Å². The zero-order chi connectivity index (χ0) is 20.8. The van der Waals surface area contributed by atoms with Crippen LogP contribution < -0.4 is 20.3 Å². The standard InChI is InChI=1S/C21H19N3O5/c1-28-15-7-3-13(4-8-15)19(14-5-9-16(29-2)10-6-14)24-21(27)17-11-22-18(12-25)23-20(17)26/h3-12,19H,1-2H3,(H,24,27)(H,22,23,26). The summed E-state index contributed by atoms with van der Waals surface area (Å²) in [5.41, 5.74) is 0.696. The van der Waals surface area contributed by atoms with Gasteiger partial charge in [0.25, 0.3) is 11.5 Å². The van der Waals surface area contributed by atoms with Crippen LogP contribution in [0, 0.1) is 0 Å². The van der Waals surface area contributed by atoms with E-state index in [2.05, 4.69) is 15.3 Å². The highest BCUT2D eigenvalue weighted by molar-refractivity contribution is 5.94. The Bertz CT molecular complexity index is 1010. The van der Waals surface area contributed by atoms with E-state index >= 15 is 0 Å². The van der Waals surface area contributed by atoms with Crippen LogP contribution in [0.3, 0.4) is 0 Å². The average Bonchev–Trinajstić information content (AvgIpc) is 2.77. The molecule has 0 radical (unpaired) electrons. The van der Waals surface area contributed by atoms with E-state index in [9.17, 15) is 14.4 Å². The van der Waals surface area contributed by atoms with Gasteiger partial charge in [-0.3, -0.25) is 14.4 Å². The van der Waals surface area contributed by atoms with E-state index in [4.69, 9.17) is 9.47 Å². The fourth-order valence-electron chi connectivity index (χ4n) is 2.79. The highest BCUT2D eigenvalue weighted by Gasteiger charge is 2.20. The van der Waals surface area contributed by atoms with Crippen molar-refractivity contribution < 1.29 is 19.1 Å². The highest BCUT2D eigenvalue weighted by Crippen LogP contribution is 2.26. The van der Waals surface area contributed by atoms with E-state index in [-0.39, 0.29) is 11.4 Å². The SMILES string of the molecule is COc1ccc(C(NC(=O)c2cnc(C=O)[nH]c2=O)c2ccc(OC)cc2)cc1. The number of nitrogens with one attached hydrogen (secondary N) is 2. The molecule has 148 valence electrons. The van der Waals surface area contributed by atoms with Crippen LogP contribution in [0.4, 0.5) is 0 Å². The third-order valence-electron chi connectivity index (χ3n) is 4.35. The molecule has 0 saturated heterocycles. The highest BCUT2D eigenvalue weighted by atomic mass is 16.5. The quantitative estimate of drug-likeness (QED) is 0.595. The fraction of sp³-hybridized carbons (Fsp3) is 0.143. The second-order valence-electron chi connectivity index (χ2n) is 6.08. The summed E-state index contributed by atoms with van der Waals surface area (Å²) in [7, 11) is 3.14. The normalized spacial score (nSPS) is 10.4. The van der Waals surface area contributed by atoms with Gasteiger partial charge in [-0.2, -0.15) is 0 Å². The number of methoxy groups -OCH3 is 2. The van der Waals surface area contributed by atoms with Gasteiger partial charge in [-0.15, -0.1) is 0 Å². The molecule has 0 saturated carbocycles. The summed E-state index contributed by atoms with van der Waals surface area (Å²) in [4.78, 5) is 41.6. The van der Waals surface area contributed by atoms with E-state index in [1.54, 1.807) is 38.5 Å². The molecular weight excluding hydrogens is 374 g/mol. The van der Waals surface area contributed by atoms with E-state index in [0.29, 0.717) is 17.8 Å². The fourth-order valence-corrected chi connectivity index (χ4v) is 2.79. The number of rotatable bonds is 7. The predicted octanol–water partition coefficient (Wildman–Crippen LogP) is 2.12. The van der Waals surface area contributed by atoms with Crippen molar-refractivity contribution in [3.05, 3.63) is 87.6 Å². The molecule has 0 atom stereocenters. The lowest BCUT2D eigenvalue weighted by Crippen LogP contribution is -2.34. The maximum atomic E-state index is 12.8. The number of carbonyl (C=O) groups excluding carboxylic acids is 2. The van der Waals surface area contributed by atoms with Gasteiger partial charge < -0.3 is 19.8 Å². The summed E-state index contributed by atoms with van der Waals surface area (Å²) in [6, 6.07) is 13.9. The first-order chi connectivity index (χ1) is 14.0. The van der Waals surface area contributed by atoms with Crippen molar-refractivity contribution in [2.24, 2.45) is 0 Å². The second kappa shape index (κ2) is 8.83. The molecule has 0 spiro atoms. The Morgan fingerprint density at radius 1 is 1.00 bits per heavy atom. The Morgan fingerprint density at radius 3 is 1.93 bits per heavy atom. The van der Waals surface area contributed by atoms with Gasteiger partial charge in [-0.25, -0.2) is 4.98 Å². The number of nitrogens with zero attached hydrogens (tertiary/aromatic N) is 1. The summed E-state index contributed by atoms with van der Waals surface area (Å²) in [5, 5.41) is 2.85. The minimum atomic E-state index is -0.692. The van der Waals surface area contributed by atoms with Crippen molar-refractivity contribution in [3.63, 3.8) is 0 Å². The van der Waals surface area contributed by atoms with Crippen molar-refractivity contribution in [1.82, 2.24) is 15.3 Å². The summed E-state index contributed by atoms with van der Waals surface area (Å²) < 4.78 is 10.4. The van der Waals surface area contributed by atoms with Crippen LogP contribution in [0.1, 0.15) is 38.1 Å². The smallest absolute Gasteiger partial charge is 0.264 e. The first kappa shape index (κ1) is 19.8. The summed E-state index contributed by atoms with van der Waals surface area (Å²) in [6.45, 7) is 0. The van der Waals surface area contributed by atoms with Crippen molar-refractivity contribution in [1.29, 1.82) is 0 Å². The van der Waals surface area contributed by atoms with E-state index in [1.165, 1.54) is 0 Å². The first-order valence-corrected chi connectivity index (χ1v) is 8.69. The lowest BCUT2D eigenvalue weighted by Gasteiger charge is -2.20. The average molecular weight is 393 g/mol. The number of aromatic amines is 1. The number of hydrogen-bond acceptors (Lipinski definition) is 6. The molecule has 2 N–H and O–H groups in total. The Labute approximate surface area is 166 Å². The van der Waals surface area contributed by atoms with Crippen molar-refractivity contribution >= 4 is 12.2 Å². The molecule has 3 aromatic rings.